The maximum absolute atomic E-state index is 5.46. The average molecular weight is 438 g/mol. The molecule has 0 spiro atoms. The minimum atomic E-state index is 0.531. The summed E-state index contributed by atoms with van der Waals surface area (Å²) in [6.07, 6.45) is 3.82. The Hall–Kier alpha value is -1.46. The van der Waals surface area contributed by atoms with Gasteiger partial charge < -0.3 is 17.5 Å². The summed E-state index contributed by atoms with van der Waals surface area (Å²) in [4.78, 5) is 6.50. The van der Waals surface area contributed by atoms with Crippen molar-refractivity contribution < 1.29 is 15.1 Å². The van der Waals surface area contributed by atoms with Gasteiger partial charge in [0.1, 0.15) is 5.71 Å². The molecule has 0 amide bonds. The zero-order valence-electron chi connectivity index (χ0n) is 14.9. The molecule has 26 heavy (non-hydrogen) atoms. The SMILES string of the molecule is CCCN(CCC)/C([S-])=N/N=C(\c1ccccc1)c1ccccn1.[Cl][Cu+]. The summed E-state index contributed by atoms with van der Waals surface area (Å²) < 4.78 is 0. The standard InChI is InChI=1S/C19H24N4S.ClH.Cu/c1-3-14-23(15-4-2)19(24)22-21-18(16-10-6-5-7-11-16)17-12-8-9-13-20-17;;/h5-13H,3-4,14-15H2,1-2H3,(H,22,24);1H;/q;;+2/p-2/b21-18+;;. The van der Waals surface area contributed by atoms with Gasteiger partial charge in [-0.25, -0.2) is 0 Å². The molecule has 0 bridgehead atoms. The number of halogens is 1. The van der Waals surface area contributed by atoms with Crippen LogP contribution in [0.5, 0.6) is 0 Å². The van der Waals surface area contributed by atoms with Crippen LogP contribution >= 0.6 is 10.1 Å². The number of hydrogen-bond acceptors (Lipinski definition) is 4. The Labute approximate surface area is 174 Å². The van der Waals surface area contributed by atoms with E-state index in [4.69, 9.17) is 12.6 Å². The summed E-state index contributed by atoms with van der Waals surface area (Å²) in [5.41, 5.74) is 2.49. The van der Waals surface area contributed by atoms with E-state index in [2.05, 4.69) is 59.1 Å². The van der Waals surface area contributed by atoms with Crippen molar-refractivity contribution >= 4 is 33.6 Å². The second-order valence-corrected chi connectivity index (χ2v) is 5.76. The third kappa shape index (κ3) is 7.42. The first-order valence-corrected chi connectivity index (χ1v) is 10.1. The quantitative estimate of drug-likeness (QED) is 0.209. The summed E-state index contributed by atoms with van der Waals surface area (Å²) in [5, 5.41) is 9.30. The Morgan fingerprint density at radius 1 is 1.00 bits per heavy atom. The molecule has 0 unspecified atom stereocenters. The Morgan fingerprint density at radius 2 is 1.62 bits per heavy atom. The molecule has 1 aromatic heterocycles. The fourth-order valence-corrected chi connectivity index (χ4v) is 2.58. The van der Waals surface area contributed by atoms with Crippen LogP contribution in [0, 0.1) is 0 Å². The molecule has 143 valence electrons. The van der Waals surface area contributed by atoms with Gasteiger partial charge in [-0.3, -0.25) is 4.98 Å². The van der Waals surface area contributed by atoms with Gasteiger partial charge in [-0.1, -0.05) is 50.2 Å². The summed E-state index contributed by atoms with van der Waals surface area (Å²) in [5.74, 6) is 0. The molecule has 0 aliphatic carbocycles. The van der Waals surface area contributed by atoms with Crippen molar-refractivity contribution in [2.45, 2.75) is 26.7 Å². The minimum absolute atomic E-state index is 0.531. The molecule has 0 aliphatic rings. The van der Waals surface area contributed by atoms with Crippen LogP contribution in [-0.2, 0) is 27.7 Å². The summed E-state index contributed by atoms with van der Waals surface area (Å²) >= 11 is 9.12. The van der Waals surface area contributed by atoms with Crippen LogP contribution in [0.15, 0.2) is 64.9 Å². The Bertz CT molecular complexity index is 633. The topological polar surface area (TPSA) is 40.9 Å². The number of rotatable bonds is 7. The zero-order valence-corrected chi connectivity index (χ0v) is 17.4. The molecular weight excluding hydrogens is 415 g/mol. The molecule has 0 saturated carbocycles. The van der Waals surface area contributed by atoms with E-state index in [1.807, 2.05) is 48.5 Å². The third-order valence-corrected chi connectivity index (χ3v) is 3.79. The molecular formula is C19H23ClCuN4S. The van der Waals surface area contributed by atoms with E-state index in [0.717, 1.165) is 42.9 Å². The van der Waals surface area contributed by atoms with E-state index in [1.165, 1.54) is 0 Å². The average Bonchev–Trinajstić information content (AvgIpc) is 2.71. The van der Waals surface area contributed by atoms with Crippen molar-refractivity contribution in [1.29, 1.82) is 0 Å². The van der Waals surface area contributed by atoms with Crippen molar-refractivity contribution in [2.75, 3.05) is 13.1 Å². The van der Waals surface area contributed by atoms with E-state index in [1.54, 1.807) is 6.20 Å². The molecule has 4 nitrogen and oxygen atoms in total. The molecule has 0 fully saturated rings. The van der Waals surface area contributed by atoms with Crippen molar-refractivity contribution in [1.82, 2.24) is 9.88 Å². The predicted molar refractivity (Wildman–Crippen MR) is 109 cm³/mol. The number of amidine groups is 1. The first-order chi connectivity index (χ1) is 12.8. The molecule has 1 aromatic carbocycles. The molecule has 2 rings (SSSR count). The molecule has 0 aliphatic heterocycles. The number of benzene rings is 1. The maximum atomic E-state index is 5.46. The van der Waals surface area contributed by atoms with Crippen LogP contribution < -0.4 is 0 Å². The summed E-state index contributed by atoms with van der Waals surface area (Å²) in [6, 6.07) is 15.7. The molecule has 7 heteroatoms. The Morgan fingerprint density at radius 3 is 2.15 bits per heavy atom. The van der Waals surface area contributed by atoms with Gasteiger partial charge in [0.25, 0.3) is 0 Å². The number of aromatic nitrogens is 1. The van der Waals surface area contributed by atoms with Crippen LogP contribution in [0.25, 0.3) is 0 Å². The van der Waals surface area contributed by atoms with Crippen molar-refractivity contribution in [3.63, 3.8) is 0 Å². The van der Waals surface area contributed by atoms with Gasteiger partial charge in [0.05, 0.1) is 5.69 Å². The van der Waals surface area contributed by atoms with Crippen molar-refractivity contribution in [2.24, 2.45) is 10.2 Å². The van der Waals surface area contributed by atoms with Gasteiger partial charge >= 0.3 is 25.2 Å². The van der Waals surface area contributed by atoms with Crippen LogP contribution in [0.3, 0.4) is 0 Å². The van der Waals surface area contributed by atoms with Gasteiger partial charge in [0.15, 0.2) is 0 Å². The fourth-order valence-electron chi connectivity index (χ4n) is 2.35. The second kappa shape index (κ2) is 13.7. The molecule has 0 N–H and O–H groups in total. The number of nitrogens with zero attached hydrogens (tertiary/aromatic N) is 4. The monoisotopic (exact) mass is 437 g/mol. The fraction of sp³-hybridized carbons (Fsp3) is 0.316. The van der Waals surface area contributed by atoms with Crippen LogP contribution in [0.2, 0.25) is 0 Å². The van der Waals surface area contributed by atoms with Crippen molar-refractivity contribution in [3.05, 3.63) is 66.0 Å². The van der Waals surface area contributed by atoms with E-state index < -0.39 is 0 Å². The normalized spacial score (nSPS) is 11.6. The first kappa shape index (κ1) is 22.6. The second-order valence-electron chi connectivity index (χ2n) is 5.40. The van der Waals surface area contributed by atoms with Gasteiger partial charge in [-0.2, -0.15) is 5.10 Å². The van der Waals surface area contributed by atoms with Gasteiger partial charge in [-0.15, -0.1) is 5.10 Å². The Kier molecular flexibility index (Phi) is 11.9. The number of pyridine rings is 1. The molecule has 0 atom stereocenters. The van der Waals surface area contributed by atoms with E-state index in [0.29, 0.717) is 5.17 Å². The summed E-state index contributed by atoms with van der Waals surface area (Å²) in [7, 11) is 4.20. The first-order valence-electron chi connectivity index (χ1n) is 8.42. The van der Waals surface area contributed by atoms with Gasteiger partial charge in [-0.05, 0) is 25.0 Å². The molecule has 2 aromatic rings. The van der Waals surface area contributed by atoms with E-state index >= 15 is 0 Å². The van der Waals surface area contributed by atoms with Crippen LogP contribution in [0.4, 0.5) is 0 Å². The zero-order chi connectivity index (χ0) is 19.2. The molecule has 1 heterocycles. The predicted octanol–water partition coefficient (Wildman–Crippen LogP) is 4.55. The van der Waals surface area contributed by atoms with E-state index in [9.17, 15) is 0 Å². The molecule has 0 saturated heterocycles. The van der Waals surface area contributed by atoms with Crippen molar-refractivity contribution in [3.8, 4) is 0 Å². The van der Waals surface area contributed by atoms with Gasteiger partial charge in [0, 0.05) is 30.0 Å². The summed E-state index contributed by atoms with van der Waals surface area (Å²) in [6.45, 7) is 6.07. The van der Waals surface area contributed by atoms with E-state index in [-0.39, 0.29) is 0 Å². The van der Waals surface area contributed by atoms with Gasteiger partial charge in [0.2, 0.25) is 0 Å². The number of hydrogen-bond donors (Lipinski definition) is 0. The molecule has 0 radical (unpaired) electrons. The van der Waals surface area contributed by atoms with Crippen LogP contribution in [-0.4, -0.2) is 33.9 Å². The third-order valence-electron chi connectivity index (χ3n) is 3.45. The van der Waals surface area contributed by atoms with Crippen LogP contribution in [0.1, 0.15) is 37.9 Å². The Balaban J connectivity index is 0.00000163.